The summed E-state index contributed by atoms with van der Waals surface area (Å²) in [4.78, 5) is 0. The maximum Gasteiger partial charge on any atom is 0.0215 e. The minimum atomic E-state index is 0.292. The molecule has 0 atom stereocenters. The molecule has 0 unspecified atom stereocenters. The maximum atomic E-state index is 2.54. The second-order valence-corrected chi connectivity index (χ2v) is 7.19. The van der Waals surface area contributed by atoms with Crippen LogP contribution in [-0.4, -0.2) is 0 Å². The Kier molecular flexibility index (Phi) is 2.74. The van der Waals surface area contributed by atoms with Crippen molar-refractivity contribution in [1.29, 1.82) is 0 Å². The van der Waals surface area contributed by atoms with Crippen LogP contribution in [0.2, 0.25) is 0 Å². The van der Waals surface area contributed by atoms with Crippen molar-refractivity contribution in [2.45, 2.75) is 44.4 Å². The molecule has 1 fully saturated rings. The fourth-order valence-corrected chi connectivity index (χ4v) is 5.19. The highest BCUT2D eigenvalue weighted by Crippen LogP contribution is 2.58. The molecular formula is C23H22. The van der Waals surface area contributed by atoms with Crippen LogP contribution in [0, 0.1) is 0 Å². The minimum absolute atomic E-state index is 0.292. The summed E-state index contributed by atoms with van der Waals surface area (Å²) >= 11 is 0. The molecule has 1 saturated carbocycles. The molecule has 23 heavy (non-hydrogen) atoms. The van der Waals surface area contributed by atoms with E-state index in [0.29, 0.717) is 5.41 Å². The highest BCUT2D eigenvalue weighted by atomic mass is 14.5. The van der Waals surface area contributed by atoms with Crippen LogP contribution in [0.25, 0.3) is 21.9 Å². The number of fused-ring (bicyclic) bond motifs is 7. The predicted molar refractivity (Wildman–Crippen MR) is 98.0 cm³/mol. The van der Waals surface area contributed by atoms with E-state index >= 15 is 0 Å². The molecule has 0 heterocycles. The highest BCUT2D eigenvalue weighted by Gasteiger charge is 2.45. The topological polar surface area (TPSA) is 0 Å². The van der Waals surface area contributed by atoms with E-state index in [-0.39, 0.29) is 0 Å². The van der Waals surface area contributed by atoms with E-state index < -0.39 is 0 Å². The van der Waals surface area contributed by atoms with Gasteiger partial charge in [0.2, 0.25) is 0 Å². The Balaban J connectivity index is 1.97. The van der Waals surface area contributed by atoms with Gasteiger partial charge < -0.3 is 0 Å². The molecule has 0 bridgehead atoms. The first-order valence-electron chi connectivity index (χ1n) is 9.00. The van der Waals surface area contributed by atoms with Gasteiger partial charge in [-0.1, -0.05) is 74.4 Å². The van der Waals surface area contributed by atoms with Crippen LogP contribution in [-0.2, 0) is 11.8 Å². The smallest absolute Gasteiger partial charge is 0.0215 e. The molecule has 5 rings (SSSR count). The second kappa shape index (κ2) is 4.71. The normalized spacial score (nSPS) is 17.6. The third-order valence-electron chi connectivity index (χ3n) is 6.20. The van der Waals surface area contributed by atoms with Crippen LogP contribution >= 0.6 is 0 Å². The van der Waals surface area contributed by atoms with Crippen LogP contribution in [0.4, 0.5) is 0 Å². The molecule has 3 aromatic carbocycles. The predicted octanol–water partition coefficient (Wildman–Crippen LogP) is 6.24. The van der Waals surface area contributed by atoms with Gasteiger partial charge in [0, 0.05) is 5.41 Å². The summed E-state index contributed by atoms with van der Waals surface area (Å²) in [6, 6.07) is 20.7. The molecule has 0 heteroatoms. The Morgan fingerprint density at radius 2 is 1.52 bits per heavy atom. The van der Waals surface area contributed by atoms with Crippen molar-refractivity contribution in [3.63, 3.8) is 0 Å². The van der Waals surface area contributed by atoms with Crippen molar-refractivity contribution >= 4 is 10.8 Å². The zero-order chi connectivity index (χ0) is 15.4. The van der Waals surface area contributed by atoms with Crippen LogP contribution < -0.4 is 0 Å². The number of hydrogen-bond donors (Lipinski definition) is 0. The van der Waals surface area contributed by atoms with Gasteiger partial charge in [-0.25, -0.2) is 0 Å². The maximum absolute atomic E-state index is 2.54. The lowest BCUT2D eigenvalue weighted by Gasteiger charge is -2.27. The number of aryl methyl sites for hydroxylation is 1. The molecule has 0 amide bonds. The summed E-state index contributed by atoms with van der Waals surface area (Å²) in [5, 5.41) is 2.90. The quantitative estimate of drug-likeness (QED) is 0.498. The molecule has 0 radical (unpaired) electrons. The fraction of sp³-hybridized carbons (Fsp3) is 0.304. The SMILES string of the molecule is CCc1cc2c(c3ccccc13)-c1ccccc1C21CCCC1. The molecule has 2 aliphatic rings. The van der Waals surface area contributed by atoms with E-state index in [9.17, 15) is 0 Å². The van der Waals surface area contributed by atoms with Crippen LogP contribution in [0.15, 0.2) is 54.6 Å². The third-order valence-corrected chi connectivity index (χ3v) is 6.20. The molecule has 0 nitrogen and oxygen atoms in total. The molecule has 0 aromatic heterocycles. The second-order valence-electron chi connectivity index (χ2n) is 7.19. The number of hydrogen-bond acceptors (Lipinski definition) is 0. The van der Waals surface area contributed by atoms with Crippen LogP contribution in [0.5, 0.6) is 0 Å². The van der Waals surface area contributed by atoms with Crippen molar-refractivity contribution in [1.82, 2.24) is 0 Å². The van der Waals surface area contributed by atoms with Gasteiger partial charge in [-0.05, 0) is 57.9 Å². The Labute approximate surface area is 138 Å². The van der Waals surface area contributed by atoms with Crippen molar-refractivity contribution in [2.24, 2.45) is 0 Å². The van der Waals surface area contributed by atoms with Gasteiger partial charge in [0.25, 0.3) is 0 Å². The number of benzene rings is 3. The summed E-state index contributed by atoms with van der Waals surface area (Å²) < 4.78 is 0. The standard InChI is InChI=1S/C23H22/c1-2-16-15-21-22(18-10-4-3-9-17(16)18)19-11-5-6-12-20(19)23(21)13-7-8-14-23/h3-6,9-12,15H,2,7-8,13-14H2,1H3. The molecule has 0 N–H and O–H groups in total. The Morgan fingerprint density at radius 1 is 0.826 bits per heavy atom. The van der Waals surface area contributed by atoms with Crippen molar-refractivity contribution < 1.29 is 0 Å². The van der Waals surface area contributed by atoms with Gasteiger partial charge in [0.05, 0.1) is 0 Å². The molecule has 0 aliphatic heterocycles. The Morgan fingerprint density at radius 3 is 2.30 bits per heavy atom. The van der Waals surface area contributed by atoms with Crippen molar-refractivity contribution in [3.8, 4) is 11.1 Å². The summed E-state index contributed by atoms with van der Waals surface area (Å²) in [6.45, 7) is 2.29. The molecule has 1 spiro atoms. The minimum Gasteiger partial charge on any atom is -0.0619 e. The zero-order valence-corrected chi connectivity index (χ0v) is 13.7. The Bertz CT molecular complexity index is 910. The highest BCUT2D eigenvalue weighted by molar-refractivity contribution is 6.04. The zero-order valence-electron chi connectivity index (χ0n) is 13.7. The molecule has 0 saturated heterocycles. The summed E-state index contributed by atoms with van der Waals surface area (Å²) in [5.74, 6) is 0. The first-order chi connectivity index (χ1) is 11.3. The molecular weight excluding hydrogens is 276 g/mol. The Hall–Kier alpha value is -2.08. The lowest BCUT2D eigenvalue weighted by Crippen LogP contribution is -2.20. The lowest BCUT2D eigenvalue weighted by molar-refractivity contribution is 0.549. The summed E-state index contributed by atoms with van der Waals surface area (Å²) in [7, 11) is 0. The summed E-state index contributed by atoms with van der Waals surface area (Å²) in [6.07, 6.45) is 6.47. The first-order valence-corrected chi connectivity index (χ1v) is 9.00. The van der Waals surface area contributed by atoms with Crippen LogP contribution in [0.1, 0.15) is 49.3 Å². The van der Waals surface area contributed by atoms with Gasteiger partial charge in [-0.2, -0.15) is 0 Å². The van der Waals surface area contributed by atoms with Crippen LogP contribution in [0.3, 0.4) is 0 Å². The van der Waals surface area contributed by atoms with Crippen molar-refractivity contribution in [3.05, 3.63) is 71.3 Å². The fourth-order valence-electron chi connectivity index (χ4n) is 5.19. The average Bonchev–Trinajstić information content (AvgIpc) is 3.20. The molecule has 114 valence electrons. The first kappa shape index (κ1) is 13.4. The van der Waals surface area contributed by atoms with E-state index in [1.165, 1.54) is 53.1 Å². The van der Waals surface area contributed by atoms with E-state index in [1.807, 2.05) is 0 Å². The van der Waals surface area contributed by atoms with Gasteiger partial charge in [-0.3, -0.25) is 0 Å². The van der Waals surface area contributed by atoms with E-state index in [0.717, 1.165) is 6.42 Å². The largest absolute Gasteiger partial charge is 0.0619 e. The van der Waals surface area contributed by atoms with Gasteiger partial charge in [0.15, 0.2) is 0 Å². The molecule has 3 aromatic rings. The lowest BCUT2D eigenvalue weighted by atomic mass is 9.76. The average molecular weight is 298 g/mol. The van der Waals surface area contributed by atoms with E-state index in [1.54, 1.807) is 11.1 Å². The van der Waals surface area contributed by atoms with Gasteiger partial charge in [0.1, 0.15) is 0 Å². The monoisotopic (exact) mass is 298 g/mol. The number of rotatable bonds is 1. The third kappa shape index (κ3) is 1.62. The van der Waals surface area contributed by atoms with Gasteiger partial charge in [-0.15, -0.1) is 0 Å². The van der Waals surface area contributed by atoms with Crippen molar-refractivity contribution in [2.75, 3.05) is 0 Å². The molecule has 2 aliphatic carbocycles. The van der Waals surface area contributed by atoms with E-state index in [4.69, 9.17) is 0 Å². The van der Waals surface area contributed by atoms with Gasteiger partial charge >= 0.3 is 0 Å². The van der Waals surface area contributed by atoms with E-state index in [2.05, 4.69) is 61.5 Å². The summed E-state index contributed by atoms with van der Waals surface area (Å²) in [5.41, 5.74) is 8.02.